The van der Waals surface area contributed by atoms with E-state index in [9.17, 15) is 5.11 Å². The van der Waals surface area contributed by atoms with Crippen LogP contribution in [-0.2, 0) is 4.74 Å². The van der Waals surface area contributed by atoms with Gasteiger partial charge in [0.2, 0.25) is 0 Å². The van der Waals surface area contributed by atoms with E-state index in [0.717, 1.165) is 23.5 Å². The smallest absolute Gasteiger partial charge is 0.118 e. The van der Waals surface area contributed by atoms with Crippen molar-refractivity contribution in [1.82, 2.24) is 0 Å². The molecule has 0 aliphatic heterocycles. The quantitative estimate of drug-likeness (QED) is 0.766. The van der Waals surface area contributed by atoms with E-state index in [2.05, 4.69) is 37.3 Å². The molecule has 124 valence electrons. The van der Waals surface area contributed by atoms with Gasteiger partial charge in [0, 0.05) is 5.92 Å². The lowest BCUT2D eigenvalue weighted by atomic mass is 9.53. The summed E-state index contributed by atoms with van der Waals surface area (Å²) in [5.41, 5.74) is 3.33. The zero-order valence-electron chi connectivity index (χ0n) is 14.3. The summed E-state index contributed by atoms with van der Waals surface area (Å²) in [5.74, 6) is 3.95. The lowest BCUT2D eigenvalue weighted by molar-refractivity contribution is 0.0416. The van der Waals surface area contributed by atoms with Crippen molar-refractivity contribution in [2.24, 2.45) is 29.1 Å². The van der Waals surface area contributed by atoms with Gasteiger partial charge in [-0.25, -0.2) is 0 Å². The van der Waals surface area contributed by atoms with E-state index in [-0.39, 0.29) is 6.61 Å². The number of aliphatic hydroxyl groups excluding tert-OH is 1. The monoisotopic (exact) mass is 312 g/mol. The van der Waals surface area contributed by atoms with Gasteiger partial charge in [0.1, 0.15) is 5.76 Å². The van der Waals surface area contributed by atoms with Gasteiger partial charge in [0.15, 0.2) is 0 Å². The summed E-state index contributed by atoms with van der Waals surface area (Å²) in [6, 6.07) is 0. The van der Waals surface area contributed by atoms with Crippen LogP contribution < -0.4 is 0 Å². The maximum Gasteiger partial charge on any atom is 0.118 e. The number of fused-ring (bicyclic) bond motifs is 5. The molecule has 0 aromatic heterocycles. The second kappa shape index (κ2) is 5.66. The molecule has 4 aliphatic carbocycles. The first kappa shape index (κ1) is 15.3. The Morgan fingerprint density at radius 1 is 1.35 bits per heavy atom. The SMILES string of the molecule is COC1=CC2=CC[C@@H]3[C@H](CC[C@]4(C)C(=CCO)CC[C@@H]34)[C@H]2C=C1. The first-order valence-corrected chi connectivity index (χ1v) is 9.11. The molecule has 4 rings (SSSR count). The molecule has 0 unspecified atom stereocenters. The molecule has 0 aromatic carbocycles. The molecule has 2 heteroatoms. The zero-order chi connectivity index (χ0) is 16.0. The molecule has 0 heterocycles. The van der Waals surface area contributed by atoms with Crippen LogP contribution in [0.2, 0.25) is 0 Å². The predicted octanol–water partition coefficient (Wildman–Crippen LogP) is 4.39. The summed E-state index contributed by atoms with van der Waals surface area (Å²) in [5, 5.41) is 9.35. The van der Waals surface area contributed by atoms with Gasteiger partial charge in [-0.15, -0.1) is 0 Å². The lowest BCUT2D eigenvalue weighted by Gasteiger charge is -2.51. The molecule has 0 radical (unpaired) electrons. The number of rotatable bonds is 2. The summed E-state index contributed by atoms with van der Waals surface area (Å²) >= 11 is 0. The van der Waals surface area contributed by atoms with E-state index in [1.54, 1.807) is 7.11 Å². The van der Waals surface area contributed by atoms with Crippen molar-refractivity contribution in [2.45, 2.75) is 39.0 Å². The van der Waals surface area contributed by atoms with Gasteiger partial charge >= 0.3 is 0 Å². The van der Waals surface area contributed by atoms with Gasteiger partial charge in [-0.05, 0) is 73.0 Å². The van der Waals surface area contributed by atoms with Gasteiger partial charge in [0.25, 0.3) is 0 Å². The Hall–Kier alpha value is -1.28. The van der Waals surface area contributed by atoms with E-state index in [4.69, 9.17) is 4.74 Å². The van der Waals surface area contributed by atoms with Crippen molar-refractivity contribution in [3.8, 4) is 0 Å². The molecular weight excluding hydrogens is 284 g/mol. The molecular formula is C21H28O2. The maximum atomic E-state index is 9.35. The average Bonchev–Trinajstić information content (AvgIpc) is 2.91. The fourth-order valence-electron chi connectivity index (χ4n) is 6.00. The number of allylic oxidation sites excluding steroid dienone is 6. The van der Waals surface area contributed by atoms with Crippen molar-refractivity contribution >= 4 is 0 Å². The van der Waals surface area contributed by atoms with Gasteiger partial charge < -0.3 is 9.84 Å². The van der Waals surface area contributed by atoms with Crippen LogP contribution in [0.1, 0.15) is 39.0 Å². The van der Waals surface area contributed by atoms with E-state index < -0.39 is 0 Å². The Labute approximate surface area is 139 Å². The van der Waals surface area contributed by atoms with Gasteiger partial charge in [-0.2, -0.15) is 0 Å². The van der Waals surface area contributed by atoms with E-state index >= 15 is 0 Å². The average molecular weight is 312 g/mol. The fourth-order valence-corrected chi connectivity index (χ4v) is 6.00. The Bertz CT molecular complexity index is 609. The van der Waals surface area contributed by atoms with Crippen molar-refractivity contribution in [1.29, 1.82) is 0 Å². The molecule has 23 heavy (non-hydrogen) atoms. The van der Waals surface area contributed by atoms with Crippen molar-refractivity contribution in [2.75, 3.05) is 13.7 Å². The molecule has 0 bridgehead atoms. The normalized spacial score (nSPS) is 43.3. The molecule has 2 fully saturated rings. The minimum atomic E-state index is 0.200. The first-order valence-electron chi connectivity index (χ1n) is 9.11. The van der Waals surface area contributed by atoms with Crippen LogP contribution in [0.25, 0.3) is 0 Å². The molecule has 5 atom stereocenters. The number of aliphatic hydroxyl groups is 1. The Kier molecular flexibility index (Phi) is 3.76. The van der Waals surface area contributed by atoms with E-state index in [1.807, 2.05) is 0 Å². The van der Waals surface area contributed by atoms with Crippen LogP contribution in [0.15, 0.2) is 47.3 Å². The molecule has 4 aliphatic rings. The molecule has 0 amide bonds. The molecule has 0 saturated heterocycles. The number of methoxy groups -OCH3 is 1. The largest absolute Gasteiger partial charge is 0.497 e. The Morgan fingerprint density at radius 3 is 3.00 bits per heavy atom. The predicted molar refractivity (Wildman–Crippen MR) is 92.6 cm³/mol. The highest BCUT2D eigenvalue weighted by molar-refractivity contribution is 5.39. The summed E-state index contributed by atoms with van der Waals surface area (Å²) in [6.45, 7) is 2.66. The minimum Gasteiger partial charge on any atom is -0.497 e. The van der Waals surface area contributed by atoms with Crippen LogP contribution in [-0.4, -0.2) is 18.8 Å². The molecule has 2 nitrogen and oxygen atoms in total. The topological polar surface area (TPSA) is 29.5 Å². The number of ether oxygens (including phenoxy) is 1. The van der Waals surface area contributed by atoms with Crippen LogP contribution >= 0.6 is 0 Å². The van der Waals surface area contributed by atoms with E-state index in [1.165, 1.54) is 43.3 Å². The third-order valence-corrected chi connectivity index (χ3v) is 7.16. The first-order chi connectivity index (χ1) is 11.2. The molecule has 2 saturated carbocycles. The molecule has 1 N–H and O–H groups in total. The fraction of sp³-hybridized carbons (Fsp3) is 0.619. The number of hydrogen-bond acceptors (Lipinski definition) is 2. The third-order valence-electron chi connectivity index (χ3n) is 7.16. The van der Waals surface area contributed by atoms with Crippen molar-refractivity contribution in [3.63, 3.8) is 0 Å². The van der Waals surface area contributed by atoms with Crippen LogP contribution in [0.4, 0.5) is 0 Å². The highest BCUT2D eigenvalue weighted by Crippen LogP contribution is 2.62. The Balaban J connectivity index is 1.64. The molecule has 0 spiro atoms. The summed E-state index contributed by atoms with van der Waals surface area (Å²) in [4.78, 5) is 0. The van der Waals surface area contributed by atoms with Crippen molar-refractivity contribution < 1.29 is 9.84 Å². The highest BCUT2D eigenvalue weighted by atomic mass is 16.5. The summed E-state index contributed by atoms with van der Waals surface area (Å²) < 4.78 is 5.40. The lowest BCUT2D eigenvalue weighted by Crippen LogP contribution is -2.43. The summed E-state index contributed by atoms with van der Waals surface area (Å²) in [6.07, 6.45) is 17.6. The second-order valence-corrected chi connectivity index (χ2v) is 7.92. The van der Waals surface area contributed by atoms with Gasteiger partial charge in [-0.3, -0.25) is 0 Å². The van der Waals surface area contributed by atoms with Crippen LogP contribution in [0.5, 0.6) is 0 Å². The second-order valence-electron chi connectivity index (χ2n) is 7.92. The minimum absolute atomic E-state index is 0.200. The van der Waals surface area contributed by atoms with E-state index in [0.29, 0.717) is 11.3 Å². The van der Waals surface area contributed by atoms with Gasteiger partial charge in [0.05, 0.1) is 13.7 Å². The highest BCUT2D eigenvalue weighted by Gasteiger charge is 2.53. The van der Waals surface area contributed by atoms with Gasteiger partial charge in [-0.1, -0.05) is 30.7 Å². The third kappa shape index (κ3) is 2.26. The van der Waals surface area contributed by atoms with Crippen molar-refractivity contribution in [3.05, 3.63) is 47.3 Å². The summed E-state index contributed by atoms with van der Waals surface area (Å²) in [7, 11) is 1.75. The molecule has 0 aromatic rings. The van der Waals surface area contributed by atoms with Crippen LogP contribution in [0, 0.1) is 29.1 Å². The van der Waals surface area contributed by atoms with Crippen LogP contribution in [0.3, 0.4) is 0 Å². The zero-order valence-corrected chi connectivity index (χ0v) is 14.3. The number of hydrogen-bond donors (Lipinski definition) is 1. The Morgan fingerprint density at radius 2 is 2.22 bits per heavy atom. The maximum absolute atomic E-state index is 9.35. The standard InChI is InChI=1S/C21H28O2/c1-21-11-9-18-17-7-5-16(23-2)13-14(17)3-6-19(18)20(21)8-4-15(21)10-12-22/h3,5,7,10,13,17-20,22H,4,6,8-9,11-12H2,1-2H3/t17-,18+,19+,20-,21+/m0/s1.